The first-order valence-corrected chi connectivity index (χ1v) is 10.0. The van der Waals surface area contributed by atoms with E-state index in [0.29, 0.717) is 42.3 Å². The third kappa shape index (κ3) is 4.00. The standard InChI is InChI=1S/C21H22ClFN4O3/c22-13-4-6-15(7-5-13)30-11-8-14-12-21(9-10-27(14)20(28)29)25-17-3-1-2-16(23)18(17)19(24)26-21/h1-7,14,25H,8-12H2,(H2,24,26)(H,28,29). The van der Waals surface area contributed by atoms with E-state index in [2.05, 4.69) is 10.3 Å². The summed E-state index contributed by atoms with van der Waals surface area (Å²) in [5.41, 5.74) is 6.14. The summed E-state index contributed by atoms with van der Waals surface area (Å²) in [5.74, 6) is 0.350. The molecule has 1 saturated heterocycles. The van der Waals surface area contributed by atoms with E-state index < -0.39 is 17.6 Å². The lowest BCUT2D eigenvalue weighted by Crippen LogP contribution is -2.56. The molecule has 2 aromatic rings. The Hall–Kier alpha value is -3.00. The third-order valence-corrected chi connectivity index (χ3v) is 5.78. The fourth-order valence-corrected chi connectivity index (χ4v) is 4.24. The van der Waals surface area contributed by atoms with Crippen LogP contribution in [0.3, 0.4) is 0 Å². The smallest absolute Gasteiger partial charge is 0.407 e. The number of halogens is 2. The van der Waals surface area contributed by atoms with E-state index in [-0.39, 0.29) is 24.0 Å². The molecule has 2 aromatic carbocycles. The monoisotopic (exact) mass is 432 g/mol. The van der Waals surface area contributed by atoms with Gasteiger partial charge in [-0.05, 0) is 36.4 Å². The maximum atomic E-state index is 14.2. The molecule has 4 N–H and O–H groups in total. The van der Waals surface area contributed by atoms with Crippen LogP contribution in [0.2, 0.25) is 5.02 Å². The fourth-order valence-electron chi connectivity index (χ4n) is 4.11. The first kappa shape index (κ1) is 20.3. The zero-order valence-corrected chi connectivity index (χ0v) is 16.9. The highest BCUT2D eigenvalue weighted by Crippen LogP contribution is 2.38. The van der Waals surface area contributed by atoms with Crippen molar-refractivity contribution < 1.29 is 19.0 Å². The van der Waals surface area contributed by atoms with Crippen LogP contribution in [0.1, 0.15) is 24.8 Å². The van der Waals surface area contributed by atoms with Gasteiger partial charge < -0.3 is 25.8 Å². The molecule has 2 aliphatic rings. The van der Waals surface area contributed by atoms with Gasteiger partial charge in [0.2, 0.25) is 0 Å². The summed E-state index contributed by atoms with van der Waals surface area (Å²) in [5, 5.41) is 13.5. The minimum absolute atomic E-state index is 0.127. The number of carbonyl (C=O) groups is 1. The number of aliphatic imine (C=N–C) groups is 1. The van der Waals surface area contributed by atoms with Crippen LogP contribution in [0.25, 0.3) is 0 Å². The second-order valence-electron chi connectivity index (χ2n) is 7.49. The summed E-state index contributed by atoms with van der Waals surface area (Å²) in [4.78, 5) is 17.7. The lowest BCUT2D eigenvalue weighted by Gasteiger charge is -2.46. The minimum atomic E-state index is -0.986. The maximum Gasteiger partial charge on any atom is 0.407 e. The van der Waals surface area contributed by atoms with E-state index in [4.69, 9.17) is 22.1 Å². The highest BCUT2D eigenvalue weighted by atomic mass is 35.5. The molecule has 9 heteroatoms. The molecule has 2 unspecified atom stereocenters. The molecule has 4 rings (SSSR count). The van der Waals surface area contributed by atoms with E-state index in [1.54, 1.807) is 36.4 Å². The van der Waals surface area contributed by atoms with Crippen LogP contribution in [0.4, 0.5) is 14.9 Å². The first-order chi connectivity index (χ1) is 14.4. The van der Waals surface area contributed by atoms with Crippen molar-refractivity contribution in [3.8, 4) is 5.75 Å². The summed E-state index contributed by atoms with van der Waals surface area (Å²) in [6.45, 7) is 0.617. The number of rotatable bonds is 4. The number of hydrogen-bond acceptors (Lipinski definition) is 5. The van der Waals surface area contributed by atoms with Crippen molar-refractivity contribution >= 4 is 29.2 Å². The van der Waals surface area contributed by atoms with Crippen LogP contribution in [-0.4, -0.2) is 46.8 Å². The average Bonchev–Trinajstić information content (AvgIpc) is 2.69. The molecule has 1 fully saturated rings. The normalized spacial score (nSPS) is 22.8. The number of piperidine rings is 1. The van der Waals surface area contributed by atoms with Crippen LogP contribution >= 0.6 is 11.6 Å². The number of anilines is 1. The average molecular weight is 433 g/mol. The largest absolute Gasteiger partial charge is 0.494 e. The summed E-state index contributed by atoms with van der Waals surface area (Å²) >= 11 is 5.88. The Kier molecular flexibility index (Phi) is 5.42. The van der Waals surface area contributed by atoms with Gasteiger partial charge in [0.15, 0.2) is 0 Å². The van der Waals surface area contributed by atoms with Crippen LogP contribution < -0.4 is 15.8 Å². The maximum absolute atomic E-state index is 14.2. The Labute approximate surface area is 178 Å². The lowest BCUT2D eigenvalue weighted by atomic mass is 9.87. The quantitative estimate of drug-likeness (QED) is 0.680. The molecule has 7 nitrogen and oxygen atoms in total. The zero-order valence-electron chi connectivity index (χ0n) is 16.1. The van der Waals surface area contributed by atoms with E-state index in [9.17, 15) is 14.3 Å². The number of hydrogen-bond donors (Lipinski definition) is 3. The van der Waals surface area contributed by atoms with Crippen molar-refractivity contribution in [1.82, 2.24) is 4.90 Å². The molecule has 0 aliphatic carbocycles. The fraction of sp³-hybridized carbons (Fsp3) is 0.333. The van der Waals surface area contributed by atoms with Gasteiger partial charge in [-0.3, -0.25) is 0 Å². The van der Waals surface area contributed by atoms with E-state index in [1.807, 2.05) is 0 Å². The molecule has 2 heterocycles. The molecule has 0 bridgehead atoms. The molecular weight excluding hydrogens is 411 g/mol. The lowest BCUT2D eigenvalue weighted by molar-refractivity contribution is 0.0771. The molecule has 158 valence electrons. The number of nitrogens with two attached hydrogens (primary N) is 1. The minimum Gasteiger partial charge on any atom is -0.494 e. The Balaban J connectivity index is 1.50. The van der Waals surface area contributed by atoms with Crippen molar-refractivity contribution in [2.75, 3.05) is 18.5 Å². The predicted molar refractivity (Wildman–Crippen MR) is 113 cm³/mol. The second kappa shape index (κ2) is 8.02. The zero-order chi connectivity index (χ0) is 21.3. The van der Waals surface area contributed by atoms with Crippen LogP contribution in [-0.2, 0) is 0 Å². The van der Waals surface area contributed by atoms with Crippen molar-refractivity contribution in [2.45, 2.75) is 31.0 Å². The summed E-state index contributed by atoms with van der Waals surface area (Å²) in [7, 11) is 0. The van der Waals surface area contributed by atoms with Crippen molar-refractivity contribution in [3.05, 3.63) is 58.9 Å². The summed E-state index contributed by atoms with van der Waals surface area (Å²) in [6.07, 6.45) is 0.328. The van der Waals surface area contributed by atoms with Gasteiger partial charge in [0.05, 0.1) is 12.2 Å². The third-order valence-electron chi connectivity index (χ3n) is 5.53. The molecule has 1 amide bonds. The molecule has 0 aromatic heterocycles. The van der Waals surface area contributed by atoms with E-state index >= 15 is 0 Å². The van der Waals surface area contributed by atoms with Gasteiger partial charge in [-0.2, -0.15) is 0 Å². The van der Waals surface area contributed by atoms with Gasteiger partial charge in [0.25, 0.3) is 0 Å². The number of amidine groups is 1. The van der Waals surface area contributed by atoms with Crippen molar-refractivity contribution in [3.63, 3.8) is 0 Å². The van der Waals surface area contributed by atoms with E-state index in [0.717, 1.165) is 0 Å². The Bertz CT molecular complexity index is 985. The highest BCUT2D eigenvalue weighted by molar-refractivity contribution is 6.30. The van der Waals surface area contributed by atoms with Gasteiger partial charge in [0, 0.05) is 42.6 Å². The number of ether oxygens (including phenoxy) is 1. The van der Waals surface area contributed by atoms with Crippen LogP contribution in [0.15, 0.2) is 47.5 Å². The number of nitrogens with zero attached hydrogens (tertiary/aromatic N) is 2. The summed E-state index contributed by atoms with van der Waals surface area (Å²) < 4.78 is 19.9. The topological polar surface area (TPSA) is 100 Å². The van der Waals surface area contributed by atoms with Crippen molar-refractivity contribution in [2.24, 2.45) is 10.7 Å². The molecule has 30 heavy (non-hydrogen) atoms. The number of fused-ring (bicyclic) bond motifs is 1. The Morgan fingerprint density at radius 2 is 2.13 bits per heavy atom. The number of likely N-dealkylation sites (tertiary alicyclic amines) is 1. The highest BCUT2D eigenvalue weighted by Gasteiger charge is 2.44. The molecular formula is C21H22ClFN4O3. The SMILES string of the molecule is NC1=NC2(CCN(C(=O)O)C(CCOc3ccc(Cl)cc3)C2)Nc2cccc(F)c21. The van der Waals surface area contributed by atoms with Gasteiger partial charge in [-0.1, -0.05) is 17.7 Å². The molecule has 2 aliphatic heterocycles. The van der Waals surface area contributed by atoms with Gasteiger partial charge in [-0.25, -0.2) is 14.2 Å². The van der Waals surface area contributed by atoms with Crippen LogP contribution in [0.5, 0.6) is 5.75 Å². The number of nitrogens with one attached hydrogen (secondary N) is 1. The molecule has 1 spiro atoms. The summed E-state index contributed by atoms with van der Waals surface area (Å²) in [6, 6.07) is 11.4. The number of benzene rings is 2. The Morgan fingerprint density at radius 3 is 2.87 bits per heavy atom. The van der Waals surface area contributed by atoms with Gasteiger partial charge >= 0.3 is 6.09 Å². The first-order valence-electron chi connectivity index (χ1n) is 9.67. The van der Waals surface area contributed by atoms with Gasteiger partial charge in [0.1, 0.15) is 23.1 Å². The molecule has 0 saturated carbocycles. The number of carboxylic acid groups (broad SMARTS) is 1. The molecule has 2 atom stereocenters. The van der Waals surface area contributed by atoms with Crippen LogP contribution in [0, 0.1) is 5.82 Å². The van der Waals surface area contributed by atoms with Crippen molar-refractivity contribution in [1.29, 1.82) is 0 Å². The molecule has 0 radical (unpaired) electrons. The Morgan fingerprint density at radius 1 is 1.37 bits per heavy atom. The predicted octanol–water partition coefficient (Wildman–Crippen LogP) is 3.92. The second-order valence-corrected chi connectivity index (χ2v) is 7.93. The van der Waals surface area contributed by atoms with Gasteiger partial charge in [-0.15, -0.1) is 0 Å². The van der Waals surface area contributed by atoms with E-state index in [1.165, 1.54) is 11.0 Å². The number of amides is 1.